The molecular formula is CH5CuN2O2-3. The third-order valence-electron chi connectivity index (χ3n) is 0. The number of aliphatic hydroxyl groups excluding tert-OH is 1. The summed E-state index contributed by atoms with van der Waals surface area (Å²) in [5, 5.41) is 6.76. The molecular weight excluding hydrogens is 136 g/mol. The maximum Gasteiger partial charge on any atom is 0 e. The molecule has 1 radical (unpaired) electrons. The van der Waals surface area contributed by atoms with Gasteiger partial charge in [-0.3, -0.25) is 0 Å². The molecule has 5 N–H and O–H groups in total. The van der Waals surface area contributed by atoms with Crippen molar-refractivity contribution in [3.8, 4) is 0 Å². The standard InChI is InChI=1S/CHO2.Cu.2H2N/c2-1-3;;;/h(H,2,3);;2*1H2/q-1;;2*-1. The Labute approximate surface area is 46.6 Å². The van der Waals surface area contributed by atoms with Crippen molar-refractivity contribution in [2.24, 2.45) is 0 Å². The largest absolute Gasteiger partial charge is 0.693 e. The quantitative estimate of drug-likeness (QED) is 0.401. The second kappa shape index (κ2) is 90.7. The Hall–Kier alpha value is -0.0905. The first kappa shape index (κ1) is 39.1. The van der Waals surface area contributed by atoms with Crippen molar-refractivity contribution in [2.45, 2.75) is 0 Å². The van der Waals surface area contributed by atoms with Gasteiger partial charge in [-0.2, -0.15) is 0 Å². The molecule has 0 spiro atoms. The van der Waals surface area contributed by atoms with Crippen LogP contribution < -0.4 is 0 Å². The Morgan fingerprint density at radius 1 is 1.33 bits per heavy atom. The molecule has 0 aromatic carbocycles. The SMILES string of the molecule is O=[C-]O.[Cu].[NH2-].[NH2-]. The van der Waals surface area contributed by atoms with Gasteiger partial charge in [0.05, 0.1) is 0 Å². The normalized spacial score (nSPS) is 2.00. The Balaban J connectivity index is -0.00000000667. The van der Waals surface area contributed by atoms with Gasteiger partial charge < -0.3 is 22.2 Å². The van der Waals surface area contributed by atoms with Crippen molar-refractivity contribution < 1.29 is 27.0 Å². The smallest absolute Gasteiger partial charge is 0 e. The van der Waals surface area contributed by atoms with E-state index in [0.717, 1.165) is 0 Å². The third kappa shape index (κ3) is 4040. The molecule has 0 unspecified atom stereocenters. The van der Waals surface area contributed by atoms with Crippen LogP contribution in [-0.2, 0) is 21.9 Å². The Morgan fingerprint density at radius 2 is 1.33 bits per heavy atom. The Kier molecular flexibility index (Phi) is 591. The molecule has 6 heavy (non-hydrogen) atoms. The molecule has 0 fully saturated rings. The predicted molar refractivity (Wildman–Crippen MR) is 18.9 cm³/mol. The van der Waals surface area contributed by atoms with Gasteiger partial charge in [-0.15, -0.1) is 0 Å². The van der Waals surface area contributed by atoms with Gasteiger partial charge in [0.25, 0.3) is 0 Å². The van der Waals surface area contributed by atoms with Crippen molar-refractivity contribution in [1.82, 2.24) is 0 Å². The van der Waals surface area contributed by atoms with Crippen LogP contribution in [0.5, 0.6) is 0 Å². The van der Waals surface area contributed by atoms with Crippen molar-refractivity contribution in [2.75, 3.05) is 0 Å². The molecule has 0 rings (SSSR count). The molecule has 0 bridgehead atoms. The minimum atomic E-state index is 0. The van der Waals surface area contributed by atoms with Gasteiger partial charge in [-0.05, 0) is 0 Å². The van der Waals surface area contributed by atoms with E-state index in [2.05, 4.69) is 0 Å². The van der Waals surface area contributed by atoms with Crippen LogP contribution in [0.2, 0.25) is 0 Å². The summed E-state index contributed by atoms with van der Waals surface area (Å²) < 4.78 is 0. The third-order valence-corrected chi connectivity index (χ3v) is 0. The summed E-state index contributed by atoms with van der Waals surface area (Å²) in [5.74, 6) is 0. The summed E-state index contributed by atoms with van der Waals surface area (Å²) in [5.41, 5.74) is 0. The van der Waals surface area contributed by atoms with Gasteiger partial charge in [-0.1, -0.05) is 6.47 Å². The van der Waals surface area contributed by atoms with Crippen LogP contribution in [0.4, 0.5) is 0 Å². The van der Waals surface area contributed by atoms with Crippen LogP contribution in [0.1, 0.15) is 0 Å². The van der Waals surface area contributed by atoms with E-state index in [0.29, 0.717) is 6.47 Å². The van der Waals surface area contributed by atoms with Crippen molar-refractivity contribution in [3.63, 3.8) is 0 Å². The topological polar surface area (TPSA) is 104 Å². The van der Waals surface area contributed by atoms with Gasteiger partial charge in [0.2, 0.25) is 0 Å². The molecule has 0 saturated carbocycles. The van der Waals surface area contributed by atoms with Crippen LogP contribution in [0.25, 0.3) is 12.3 Å². The second-order valence-electron chi connectivity index (χ2n) is 0.0913. The van der Waals surface area contributed by atoms with E-state index >= 15 is 0 Å². The maximum atomic E-state index is 8.24. The van der Waals surface area contributed by atoms with Crippen LogP contribution in [0, 0.1) is 0 Å². The molecule has 5 heteroatoms. The number of nitrogens with two attached hydrogens (primary N) is 2. The molecule has 0 aliphatic rings. The average molecular weight is 141 g/mol. The van der Waals surface area contributed by atoms with Gasteiger partial charge in [0.15, 0.2) is 0 Å². The van der Waals surface area contributed by atoms with Gasteiger partial charge >= 0.3 is 0 Å². The summed E-state index contributed by atoms with van der Waals surface area (Å²) in [6.07, 6.45) is 0. The molecule has 0 aromatic rings. The molecule has 0 aliphatic carbocycles. The van der Waals surface area contributed by atoms with E-state index in [4.69, 9.17) is 9.90 Å². The van der Waals surface area contributed by atoms with E-state index < -0.39 is 0 Å². The first-order chi connectivity index (χ1) is 1.41. The zero-order chi connectivity index (χ0) is 2.71. The van der Waals surface area contributed by atoms with E-state index in [1.54, 1.807) is 0 Å². The average Bonchev–Trinajstić information content (AvgIpc) is 0.918. The zero-order valence-electron chi connectivity index (χ0n) is 2.81. The van der Waals surface area contributed by atoms with Gasteiger partial charge in [0, 0.05) is 17.1 Å². The Morgan fingerprint density at radius 3 is 1.33 bits per heavy atom. The molecule has 4 nitrogen and oxygen atoms in total. The summed E-state index contributed by atoms with van der Waals surface area (Å²) >= 11 is 0. The summed E-state index contributed by atoms with van der Waals surface area (Å²) in [4.78, 5) is 8.24. The van der Waals surface area contributed by atoms with Crippen molar-refractivity contribution in [3.05, 3.63) is 12.3 Å². The summed E-state index contributed by atoms with van der Waals surface area (Å²) in [6, 6.07) is 0. The molecule has 0 atom stereocenters. The molecule has 0 saturated heterocycles. The van der Waals surface area contributed by atoms with E-state index in [-0.39, 0.29) is 29.4 Å². The molecule has 0 amide bonds. The van der Waals surface area contributed by atoms with E-state index in [1.165, 1.54) is 0 Å². The van der Waals surface area contributed by atoms with Crippen molar-refractivity contribution in [1.29, 1.82) is 0 Å². The van der Waals surface area contributed by atoms with Crippen molar-refractivity contribution >= 4 is 6.47 Å². The minimum Gasteiger partial charge on any atom is -0.693 e. The summed E-state index contributed by atoms with van der Waals surface area (Å²) in [6.45, 7) is 0.500. The minimum absolute atomic E-state index is 0. The Bertz CT molecular complexity index is 19.0. The molecule has 45 valence electrons. The van der Waals surface area contributed by atoms with Gasteiger partial charge in [-0.25, -0.2) is 0 Å². The fraction of sp³-hybridized carbons (Fsp3) is 0. The summed E-state index contributed by atoms with van der Waals surface area (Å²) in [7, 11) is 0. The molecule has 0 aromatic heterocycles. The van der Waals surface area contributed by atoms with E-state index in [9.17, 15) is 0 Å². The second-order valence-corrected chi connectivity index (χ2v) is 0.0913. The fourth-order valence-corrected chi connectivity index (χ4v) is 0. The fourth-order valence-electron chi connectivity index (χ4n) is 0. The molecule has 0 heterocycles. The van der Waals surface area contributed by atoms with Crippen LogP contribution in [0.3, 0.4) is 0 Å². The first-order valence-corrected chi connectivity index (χ1v) is 0.428. The number of hydrogen-bond acceptors (Lipinski definition) is 1. The number of rotatable bonds is 0. The van der Waals surface area contributed by atoms with Crippen LogP contribution in [0.15, 0.2) is 0 Å². The first-order valence-electron chi connectivity index (χ1n) is 0.428. The van der Waals surface area contributed by atoms with Crippen LogP contribution >= 0.6 is 0 Å². The molecule has 0 aliphatic heterocycles. The predicted octanol–water partition coefficient (Wildman–Crippen LogP) is 1.04. The van der Waals surface area contributed by atoms with E-state index in [1.807, 2.05) is 0 Å². The number of hydrogen-bond donors (Lipinski definition) is 1. The van der Waals surface area contributed by atoms with Crippen LogP contribution in [-0.4, -0.2) is 11.6 Å². The maximum absolute atomic E-state index is 8.24. The van der Waals surface area contributed by atoms with Gasteiger partial charge in [0.1, 0.15) is 0 Å². The monoisotopic (exact) mass is 140 g/mol. The zero-order valence-corrected chi connectivity index (χ0v) is 3.75.